The molecule has 0 aliphatic carbocycles. The van der Waals surface area contributed by atoms with Gasteiger partial charge in [-0.05, 0) is 71.4 Å². The largest absolute Gasteiger partial charge is 0.507 e. The number of phenolic OH excluding ortho intramolecular Hbond substituents is 1. The number of amides is 3. The number of nitrogens with zero attached hydrogens (tertiary/aromatic N) is 1. The molecule has 1 saturated heterocycles. The summed E-state index contributed by atoms with van der Waals surface area (Å²) < 4.78 is 4.66. The second-order valence-electron chi connectivity index (χ2n) is 7.82. The minimum atomic E-state index is -0.602. The van der Waals surface area contributed by atoms with E-state index in [2.05, 4.69) is 10.1 Å². The highest BCUT2D eigenvalue weighted by atomic mass is 35.5. The first-order chi connectivity index (χ1) is 17.7. The SMILES string of the molecule is COC(=O)c1ccc(CN2C(=O)S/C(=C/c3ccc(O)c(C(=O)Nc4ccc(Cl)c(Cl)c4)c3)C2=O)cc1. The normalized spacial score (nSPS) is 14.2. The molecule has 0 bridgehead atoms. The molecule has 0 saturated carbocycles. The Balaban J connectivity index is 1.50. The number of phenols is 1. The van der Waals surface area contributed by atoms with E-state index in [1.54, 1.807) is 30.3 Å². The second-order valence-corrected chi connectivity index (χ2v) is 9.62. The maximum atomic E-state index is 12.9. The summed E-state index contributed by atoms with van der Waals surface area (Å²) in [5.74, 6) is -1.85. The number of rotatable bonds is 6. The molecule has 1 heterocycles. The fraction of sp³-hybridized carbons (Fsp3) is 0.0769. The highest BCUT2D eigenvalue weighted by molar-refractivity contribution is 8.18. The van der Waals surface area contributed by atoms with Gasteiger partial charge in [-0.15, -0.1) is 0 Å². The highest BCUT2D eigenvalue weighted by Crippen LogP contribution is 2.34. The Labute approximate surface area is 225 Å². The van der Waals surface area contributed by atoms with Gasteiger partial charge in [-0.25, -0.2) is 4.79 Å². The van der Waals surface area contributed by atoms with Crippen LogP contribution in [0.15, 0.2) is 65.6 Å². The van der Waals surface area contributed by atoms with Crippen molar-refractivity contribution in [1.82, 2.24) is 4.90 Å². The van der Waals surface area contributed by atoms with Crippen molar-refractivity contribution in [1.29, 1.82) is 0 Å². The summed E-state index contributed by atoms with van der Waals surface area (Å²) in [7, 11) is 1.28. The Kier molecular flexibility index (Phi) is 7.87. The molecule has 0 spiro atoms. The van der Waals surface area contributed by atoms with Gasteiger partial charge in [0.15, 0.2) is 0 Å². The third kappa shape index (κ3) is 5.96. The molecule has 188 valence electrons. The van der Waals surface area contributed by atoms with Crippen LogP contribution in [0, 0.1) is 0 Å². The molecule has 3 aromatic carbocycles. The molecule has 0 atom stereocenters. The van der Waals surface area contributed by atoms with Gasteiger partial charge >= 0.3 is 5.97 Å². The molecule has 4 rings (SSSR count). The number of carbonyl (C=O) groups is 4. The van der Waals surface area contributed by atoms with Gasteiger partial charge in [0.1, 0.15) is 5.75 Å². The number of anilines is 1. The highest BCUT2D eigenvalue weighted by Gasteiger charge is 2.35. The number of thioether (sulfide) groups is 1. The third-order valence-electron chi connectivity index (χ3n) is 5.33. The number of benzene rings is 3. The van der Waals surface area contributed by atoms with Crippen LogP contribution in [-0.2, 0) is 16.1 Å². The van der Waals surface area contributed by atoms with Crippen LogP contribution in [0.25, 0.3) is 6.08 Å². The van der Waals surface area contributed by atoms with Crippen LogP contribution >= 0.6 is 35.0 Å². The van der Waals surface area contributed by atoms with E-state index >= 15 is 0 Å². The first-order valence-electron chi connectivity index (χ1n) is 10.7. The number of esters is 1. The zero-order valence-electron chi connectivity index (χ0n) is 19.2. The standard InChI is InChI=1S/C26H18Cl2N2O6S/c1-36-25(34)16-5-2-14(3-6-16)13-30-24(33)22(37-26(30)35)11-15-4-9-21(31)18(10-15)23(32)29-17-7-8-19(27)20(28)12-17/h2-12,31H,13H2,1H3,(H,29,32)/b22-11+. The molecule has 0 radical (unpaired) electrons. The second kappa shape index (κ2) is 11.1. The maximum Gasteiger partial charge on any atom is 0.337 e. The van der Waals surface area contributed by atoms with Gasteiger partial charge < -0.3 is 15.2 Å². The number of carbonyl (C=O) groups excluding carboxylic acids is 4. The number of hydrogen-bond donors (Lipinski definition) is 2. The summed E-state index contributed by atoms with van der Waals surface area (Å²) in [4.78, 5) is 51.0. The van der Waals surface area contributed by atoms with Crippen molar-refractivity contribution in [2.24, 2.45) is 0 Å². The fourth-order valence-electron chi connectivity index (χ4n) is 3.43. The predicted octanol–water partition coefficient (Wildman–Crippen LogP) is 5.97. The summed E-state index contributed by atoms with van der Waals surface area (Å²) >= 11 is 12.6. The lowest BCUT2D eigenvalue weighted by Gasteiger charge is -2.12. The van der Waals surface area contributed by atoms with Gasteiger partial charge in [0.2, 0.25) is 0 Å². The molecular weight excluding hydrogens is 539 g/mol. The number of nitrogens with one attached hydrogen (secondary N) is 1. The van der Waals surface area contributed by atoms with Crippen LogP contribution in [0.5, 0.6) is 5.75 Å². The van der Waals surface area contributed by atoms with Crippen molar-refractivity contribution in [3.63, 3.8) is 0 Å². The molecule has 1 aliphatic heterocycles. The number of ether oxygens (including phenoxy) is 1. The van der Waals surface area contributed by atoms with Crippen molar-refractivity contribution in [2.45, 2.75) is 6.54 Å². The quantitative estimate of drug-likeness (QED) is 0.284. The average molecular weight is 557 g/mol. The molecule has 37 heavy (non-hydrogen) atoms. The van der Waals surface area contributed by atoms with E-state index in [1.807, 2.05) is 0 Å². The zero-order chi connectivity index (χ0) is 26.7. The number of halogens is 2. The maximum absolute atomic E-state index is 12.9. The molecule has 0 aromatic heterocycles. The molecule has 3 aromatic rings. The van der Waals surface area contributed by atoms with Crippen LogP contribution < -0.4 is 5.32 Å². The van der Waals surface area contributed by atoms with Crippen molar-refractivity contribution in [3.05, 3.63) is 97.9 Å². The Morgan fingerprint density at radius 1 is 1.03 bits per heavy atom. The Bertz CT molecular complexity index is 1460. The minimum Gasteiger partial charge on any atom is -0.507 e. The van der Waals surface area contributed by atoms with Crippen molar-refractivity contribution in [3.8, 4) is 5.75 Å². The Hall–Kier alpha value is -3.79. The van der Waals surface area contributed by atoms with Crippen LogP contribution in [0.4, 0.5) is 10.5 Å². The third-order valence-corrected chi connectivity index (χ3v) is 6.98. The van der Waals surface area contributed by atoms with Gasteiger partial charge in [-0.3, -0.25) is 19.3 Å². The summed E-state index contributed by atoms with van der Waals surface area (Å²) in [5.41, 5.74) is 1.79. The summed E-state index contributed by atoms with van der Waals surface area (Å²) in [6, 6.07) is 15.2. The van der Waals surface area contributed by atoms with Crippen LogP contribution in [0.1, 0.15) is 31.8 Å². The van der Waals surface area contributed by atoms with Gasteiger partial charge in [0.05, 0.1) is 39.7 Å². The first-order valence-corrected chi connectivity index (χ1v) is 12.3. The molecule has 1 aliphatic rings. The van der Waals surface area contributed by atoms with Gasteiger partial charge in [-0.2, -0.15) is 0 Å². The molecule has 2 N–H and O–H groups in total. The monoisotopic (exact) mass is 556 g/mol. The Morgan fingerprint density at radius 2 is 1.76 bits per heavy atom. The van der Waals surface area contributed by atoms with E-state index in [9.17, 15) is 24.3 Å². The first kappa shape index (κ1) is 26.3. The topological polar surface area (TPSA) is 113 Å². The van der Waals surface area contributed by atoms with E-state index in [1.165, 1.54) is 43.5 Å². The number of hydrogen-bond acceptors (Lipinski definition) is 7. The smallest absolute Gasteiger partial charge is 0.337 e. The predicted molar refractivity (Wildman–Crippen MR) is 142 cm³/mol. The van der Waals surface area contributed by atoms with E-state index in [-0.39, 0.29) is 27.8 Å². The van der Waals surface area contributed by atoms with Crippen LogP contribution in [0.3, 0.4) is 0 Å². The molecule has 11 heteroatoms. The van der Waals surface area contributed by atoms with E-state index in [4.69, 9.17) is 23.2 Å². The van der Waals surface area contributed by atoms with E-state index < -0.39 is 23.0 Å². The molecule has 3 amide bonds. The lowest BCUT2D eigenvalue weighted by Crippen LogP contribution is -2.27. The number of methoxy groups -OCH3 is 1. The lowest BCUT2D eigenvalue weighted by atomic mass is 10.1. The van der Waals surface area contributed by atoms with Crippen LogP contribution in [-0.4, -0.2) is 40.1 Å². The zero-order valence-corrected chi connectivity index (χ0v) is 21.5. The van der Waals surface area contributed by atoms with Gasteiger partial charge in [0.25, 0.3) is 17.1 Å². The fourth-order valence-corrected chi connectivity index (χ4v) is 4.57. The summed E-state index contributed by atoms with van der Waals surface area (Å²) in [6.07, 6.45) is 1.47. The molecular formula is C26H18Cl2N2O6S. The number of aromatic hydroxyl groups is 1. The van der Waals surface area contributed by atoms with E-state index in [0.717, 1.165) is 16.7 Å². The molecule has 1 fully saturated rings. The van der Waals surface area contributed by atoms with E-state index in [0.29, 0.717) is 27.4 Å². The van der Waals surface area contributed by atoms with Gasteiger partial charge in [-0.1, -0.05) is 41.4 Å². The average Bonchev–Trinajstić information content (AvgIpc) is 3.14. The van der Waals surface area contributed by atoms with Crippen molar-refractivity contribution in [2.75, 3.05) is 12.4 Å². The molecule has 0 unspecified atom stereocenters. The van der Waals surface area contributed by atoms with Crippen molar-refractivity contribution < 1.29 is 29.0 Å². The minimum absolute atomic E-state index is 0.0242. The number of imide groups is 1. The summed E-state index contributed by atoms with van der Waals surface area (Å²) in [5, 5.41) is 13.0. The summed E-state index contributed by atoms with van der Waals surface area (Å²) in [6.45, 7) is 0.0242. The van der Waals surface area contributed by atoms with Crippen LogP contribution in [0.2, 0.25) is 10.0 Å². The Morgan fingerprint density at radius 3 is 2.43 bits per heavy atom. The van der Waals surface area contributed by atoms with Gasteiger partial charge in [0, 0.05) is 5.69 Å². The lowest BCUT2D eigenvalue weighted by molar-refractivity contribution is -0.123. The van der Waals surface area contributed by atoms with Crippen molar-refractivity contribution >= 4 is 69.8 Å². The molecule has 8 nitrogen and oxygen atoms in total.